The van der Waals surface area contributed by atoms with Crippen LogP contribution in [0, 0.1) is 10.1 Å². The SMILES string of the molecule is O=[N+]([O-])c1ccc(CN2CCC(Nc3ccc(Br)cc3)CC2)cc1. The van der Waals surface area contributed by atoms with Gasteiger partial charge in [0.15, 0.2) is 0 Å². The van der Waals surface area contributed by atoms with Crippen LogP contribution in [0.1, 0.15) is 18.4 Å². The number of rotatable bonds is 5. The van der Waals surface area contributed by atoms with Crippen molar-refractivity contribution in [3.05, 3.63) is 68.7 Å². The smallest absolute Gasteiger partial charge is 0.269 e. The van der Waals surface area contributed by atoms with Gasteiger partial charge in [0.05, 0.1) is 4.92 Å². The summed E-state index contributed by atoms with van der Waals surface area (Å²) in [7, 11) is 0. The van der Waals surface area contributed by atoms with Crippen LogP contribution in [0.5, 0.6) is 0 Å². The summed E-state index contributed by atoms with van der Waals surface area (Å²) in [6, 6.07) is 15.6. The van der Waals surface area contributed by atoms with E-state index in [0.29, 0.717) is 6.04 Å². The van der Waals surface area contributed by atoms with Crippen molar-refractivity contribution in [2.45, 2.75) is 25.4 Å². The summed E-state index contributed by atoms with van der Waals surface area (Å²) in [4.78, 5) is 12.7. The fourth-order valence-electron chi connectivity index (χ4n) is 3.00. The van der Waals surface area contributed by atoms with Gasteiger partial charge in [0.25, 0.3) is 5.69 Å². The van der Waals surface area contributed by atoms with Crippen LogP contribution in [0.25, 0.3) is 0 Å². The quantitative estimate of drug-likeness (QED) is 0.606. The Morgan fingerprint density at radius 2 is 1.71 bits per heavy atom. The minimum atomic E-state index is -0.358. The van der Waals surface area contributed by atoms with Gasteiger partial charge in [-0.3, -0.25) is 15.0 Å². The van der Waals surface area contributed by atoms with Gasteiger partial charge in [-0.05, 0) is 42.7 Å². The number of halogens is 1. The molecule has 0 amide bonds. The Hall–Kier alpha value is -1.92. The van der Waals surface area contributed by atoms with Crippen molar-refractivity contribution in [2.24, 2.45) is 0 Å². The molecule has 0 aliphatic carbocycles. The number of anilines is 1. The monoisotopic (exact) mass is 389 g/mol. The summed E-state index contributed by atoms with van der Waals surface area (Å²) < 4.78 is 1.09. The standard InChI is InChI=1S/C18H20BrN3O2/c19-15-3-5-16(6-4-15)20-17-9-11-21(12-10-17)13-14-1-7-18(8-2-14)22(23)24/h1-8,17,20H,9-13H2. The number of piperidine rings is 1. The van der Waals surface area contributed by atoms with E-state index in [2.05, 4.69) is 38.3 Å². The van der Waals surface area contributed by atoms with Crippen molar-refractivity contribution < 1.29 is 4.92 Å². The third-order valence-corrected chi connectivity index (χ3v) is 4.88. The summed E-state index contributed by atoms with van der Waals surface area (Å²) in [5.74, 6) is 0. The van der Waals surface area contributed by atoms with Crippen molar-refractivity contribution in [3.63, 3.8) is 0 Å². The van der Waals surface area contributed by atoms with E-state index in [0.717, 1.165) is 48.2 Å². The lowest BCUT2D eigenvalue weighted by molar-refractivity contribution is -0.384. The van der Waals surface area contributed by atoms with Crippen LogP contribution in [0.15, 0.2) is 53.0 Å². The Morgan fingerprint density at radius 1 is 1.08 bits per heavy atom. The molecule has 1 fully saturated rings. The average molecular weight is 390 g/mol. The van der Waals surface area contributed by atoms with Crippen LogP contribution in [0.2, 0.25) is 0 Å². The topological polar surface area (TPSA) is 58.4 Å². The maximum Gasteiger partial charge on any atom is 0.269 e. The van der Waals surface area contributed by atoms with Gasteiger partial charge in [-0.25, -0.2) is 0 Å². The van der Waals surface area contributed by atoms with Gasteiger partial charge in [0.1, 0.15) is 0 Å². The average Bonchev–Trinajstić information content (AvgIpc) is 2.59. The highest BCUT2D eigenvalue weighted by atomic mass is 79.9. The summed E-state index contributed by atoms with van der Waals surface area (Å²) in [6.45, 7) is 2.92. The maximum absolute atomic E-state index is 10.7. The zero-order chi connectivity index (χ0) is 16.9. The lowest BCUT2D eigenvalue weighted by atomic mass is 10.0. The number of likely N-dealkylation sites (tertiary alicyclic amines) is 1. The van der Waals surface area contributed by atoms with Crippen LogP contribution in [0.4, 0.5) is 11.4 Å². The number of non-ortho nitro benzene ring substituents is 1. The Morgan fingerprint density at radius 3 is 2.29 bits per heavy atom. The molecular weight excluding hydrogens is 370 g/mol. The summed E-state index contributed by atoms with van der Waals surface area (Å²) in [6.07, 6.45) is 2.20. The Bertz CT molecular complexity index is 680. The lowest BCUT2D eigenvalue weighted by Crippen LogP contribution is -2.38. The van der Waals surface area contributed by atoms with Crippen LogP contribution in [-0.4, -0.2) is 29.0 Å². The highest BCUT2D eigenvalue weighted by molar-refractivity contribution is 9.10. The van der Waals surface area contributed by atoms with Crippen LogP contribution in [-0.2, 0) is 6.54 Å². The molecule has 0 unspecified atom stereocenters. The molecule has 2 aromatic carbocycles. The molecule has 1 aliphatic heterocycles. The largest absolute Gasteiger partial charge is 0.382 e. The molecule has 0 saturated carbocycles. The van der Waals surface area contributed by atoms with Crippen LogP contribution in [0.3, 0.4) is 0 Å². The molecule has 126 valence electrons. The number of nitrogens with zero attached hydrogens (tertiary/aromatic N) is 2. The molecular formula is C18H20BrN3O2. The minimum Gasteiger partial charge on any atom is -0.382 e. The number of nitrogens with one attached hydrogen (secondary N) is 1. The Labute approximate surface area is 150 Å². The number of hydrogen-bond acceptors (Lipinski definition) is 4. The Balaban J connectivity index is 1.48. The zero-order valence-corrected chi connectivity index (χ0v) is 14.9. The van der Waals surface area contributed by atoms with Crippen molar-refractivity contribution in [3.8, 4) is 0 Å². The second-order valence-electron chi connectivity index (χ2n) is 6.13. The molecule has 1 N–H and O–H groups in total. The molecule has 24 heavy (non-hydrogen) atoms. The molecule has 0 spiro atoms. The first-order chi connectivity index (χ1) is 11.6. The van der Waals surface area contributed by atoms with Crippen LogP contribution >= 0.6 is 15.9 Å². The van der Waals surface area contributed by atoms with E-state index < -0.39 is 0 Å². The third kappa shape index (κ3) is 4.55. The molecule has 6 heteroatoms. The van der Waals surface area contributed by atoms with Crippen molar-refractivity contribution in [2.75, 3.05) is 18.4 Å². The van der Waals surface area contributed by atoms with E-state index >= 15 is 0 Å². The van der Waals surface area contributed by atoms with Gasteiger partial charge >= 0.3 is 0 Å². The molecule has 5 nitrogen and oxygen atoms in total. The predicted molar refractivity (Wildman–Crippen MR) is 99.2 cm³/mol. The summed E-state index contributed by atoms with van der Waals surface area (Å²) in [5.41, 5.74) is 2.43. The highest BCUT2D eigenvalue weighted by Gasteiger charge is 2.19. The van der Waals surface area contributed by atoms with Crippen molar-refractivity contribution in [1.82, 2.24) is 4.90 Å². The van der Waals surface area contributed by atoms with E-state index in [4.69, 9.17) is 0 Å². The van der Waals surface area contributed by atoms with E-state index in [9.17, 15) is 10.1 Å². The van der Waals surface area contributed by atoms with E-state index in [1.54, 1.807) is 12.1 Å². The first-order valence-corrected chi connectivity index (χ1v) is 8.87. The third-order valence-electron chi connectivity index (χ3n) is 4.36. The minimum absolute atomic E-state index is 0.149. The second-order valence-corrected chi connectivity index (χ2v) is 7.04. The van der Waals surface area contributed by atoms with Crippen molar-refractivity contribution >= 4 is 27.3 Å². The van der Waals surface area contributed by atoms with Gasteiger partial charge in [-0.15, -0.1) is 0 Å². The van der Waals surface area contributed by atoms with Gasteiger partial charge in [0.2, 0.25) is 0 Å². The van der Waals surface area contributed by atoms with E-state index in [-0.39, 0.29) is 10.6 Å². The molecule has 0 radical (unpaired) electrons. The van der Waals surface area contributed by atoms with E-state index in [1.807, 2.05) is 24.3 Å². The van der Waals surface area contributed by atoms with Gasteiger partial charge in [-0.2, -0.15) is 0 Å². The molecule has 1 heterocycles. The molecule has 0 aromatic heterocycles. The van der Waals surface area contributed by atoms with Crippen molar-refractivity contribution in [1.29, 1.82) is 0 Å². The highest BCUT2D eigenvalue weighted by Crippen LogP contribution is 2.20. The maximum atomic E-state index is 10.7. The molecule has 1 saturated heterocycles. The van der Waals surface area contributed by atoms with E-state index in [1.165, 1.54) is 0 Å². The van der Waals surface area contributed by atoms with Gasteiger partial charge in [0, 0.05) is 48.0 Å². The fraction of sp³-hybridized carbons (Fsp3) is 0.333. The number of nitro groups is 1. The number of nitro benzene ring substituents is 1. The Kier molecular flexibility index (Phi) is 5.48. The lowest BCUT2D eigenvalue weighted by Gasteiger charge is -2.32. The fourth-order valence-corrected chi connectivity index (χ4v) is 3.26. The predicted octanol–water partition coefficient (Wildman–Crippen LogP) is 4.43. The molecule has 0 atom stereocenters. The van der Waals surface area contributed by atoms with Gasteiger partial charge in [-0.1, -0.05) is 28.1 Å². The molecule has 0 bridgehead atoms. The first-order valence-electron chi connectivity index (χ1n) is 8.08. The van der Waals surface area contributed by atoms with Gasteiger partial charge < -0.3 is 5.32 Å². The summed E-state index contributed by atoms with van der Waals surface area (Å²) in [5, 5.41) is 14.3. The number of benzene rings is 2. The second kappa shape index (κ2) is 7.77. The normalized spacial score (nSPS) is 16.0. The summed E-state index contributed by atoms with van der Waals surface area (Å²) >= 11 is 3.45. The number of hydrogen-bond donors (Lipinski definition) is 1. The van der Waals surface area contributed by atoms with Crippen LogP contribution < -0.4 is 5.32 Å². The molecule has 3 rings (SSSR count). The molecule has 2 aromatic rings. The first kappa shape index (κ1) is 16.9. The zero-order valence-electron chi connectivity index (χ0n) is 13.3. The molecule has 1 aliphatic rings.